The topological polar surface area (TPSA) is 136 Å². The van der Waals surface area contributed by atoms with E-state index in [9.17, 15) is 19.8 Å². The van der Waals surface area contributed by atoms with Gasteiger partial charge < -0.3 is 21.3 Å². The molecule has 1 amide bonds. The average molecular weight is 287 g/mol. The first-order valence-corrected chi connectivity index (χ1v) is 6.00. The summed E-state index contributed by atoms with van der Waals surface area (Å²) in [5.41, 5.74) is 4.84. The van der Waals surface area contributed by atoms with E-state index in [0.717, 1.165) is 6.08 Å². The molecule has 0 spiro atoms. The van der Waals surface area contributed by atoms with Crippen LogP contribution in [0.4, 0.5) is 5.69 Å². The first kappa shape index (κ1) is 14.5. The minimum atomic E-state index is -1.06. The number of carbonyl (C=O) groups is 2. The van der Waals surface area contributed by atoms with Crippen molar-refractivity contribution in [3.63, 3.8) is 0 Å². The number of para-hydroxylation sites is 1. The number of primary amides is 1. The Kier molecular flexibility index (Phi) is 3.86. The molecule has 2 rings (SSSR count). The fourth-order valence-electron chi connectivity index (χ4n) is 1.91. The molecule has 0 fully saturated rings. The molecule has 0 bridgehead atoms. The Balaban J connectivity index is 2.44. The largest absolute Gasteiger partial charge is 0.505 e. The van der Waals surface area contributed by atoms with Gasteiger partial charge in [0.05, 0.1) is 12.3 Å². The Labute approximate surface area is 119 Å². The second-order valence-electron chi connectivity index (χ2n) is 4.33. The number of hydrogen-bond acceptors (Lipinski definition) is 6. The van der Waals surface area contributed by atoms with Gasteiger partial charge in [-0.1, -0.05) is 18.2 Å². The molecule has 0 radical (unpaired) electrons. The van der Waals surface area contributed by atoms with Crippen molar-refractivity contribution in [2.75, 3.05) is 5.32 Å². The molecule has 21 heavy (non-hydrogen) atoms. The Morgan fingerprint density at radius 3 is 2.62 bits per heavy atom. The highest BCUT2D eigenvalue weighted by Crippen LogP contribution is 2.24. The van der Waals surface area contributed by atoms with Gasteiger partial charge in [-0.05, 0) is 6.07 Å². The smallest absolute Gasteiger partial charge is 0.254 e. The van der Waals surface area contributed by atoms with Gasteiger partial charge in [-0.25, -0.2) is 0 Å². The minimum Gasteiger partial charge on any atom is -0.505 e. The Hall–Kier alpha value is -2.93. The molecule has 1 aliphatic carbocycles. The van der Waals surface area contributed by atoms with Crippen LogP contribution in [-0.2, 0) is 16.2 Å². The van der Waals surface area contributed by atoms with Crippen molar-refractivity contribution in [3.8, 4) is 0 Å². The zero-order valence-electron chi connectivity index (χ0n) is 10.9. The number of hydrogen-bond donors (Lipinski definition) is 5. The number of ketones is 1. The van der Waals surface area contributed by atoms with Crippen LogP contribution in [0.15, 0.2) is 47.4 Å². The number of rotatable bonds is 4. The summed E-state index contributed by atoms with van der Waals surface area (Å²) in [5, 5.41) is 29.5. The number of nitrogens with two attached hydrogens (primary N) is 1. The van der Waals surface area contributed by atoms with Crippen molar-refractivity contribution in [3.05, 3.63) is 52.9 Å². The molecule has 1 aromatic carbocycles. The van der Waals surface area contributed by atoms with E-state index >= 15 is 0 Å². The van der Waals surface area contributed by atoms with E-state index in [1.165, 1.54) is 0 Å². The minimum absolute atomic E-state index is 0.0503. The van der Waals surface area contributed by atoms with Gasteiger partial charge in [0, 0.05) is 17.3 Å². The van der Waals surface area contributed by atoms with Crippen LogP contribution in [-0.4, -0.2) is 27.6 Å². The summed E-state index contributed by atoms with van der Waals surface area (Å²) in [5.74, 6) is -2.38. The zero-order valence-corrected chi connectivity index (χ0v) is 10.9. The molecule has 0 saturated carbocycles. The molecule has 0 unspecified atom stereocenters. The van der Waals surface area contributed by atoms with E-state index in [-0.39, 0.29) is 12.3 Å². The highest BCUT2D eigenvalue weighted by Gasteiger charge is 2.29. The molecule has 7 nitrogen and oxygen atoms in total. The molecular weight excluding hydrogens is 274 g/mol. The molecule has 0 aromatic heterocycles. The van der Waals surface area contributed by atoms with Crippen molar-refractivity contribution in [1.29, 1.82) is 5.41 Å². The van der Waals surface area contributed by atoms with Gasteiger partial charge in [-0.3, -0.25) is 15.0 Å². The first-order valence-electron chi connectivity index (χ1n) is 6.00. The summed E-state index contributed by atoms with van der Waals surface area (Å²) in [4.78, 5) is 22.9. The summed E-state index contributed by atoms with van der Waals surface area (Å²) in [7, 11) is 0. The lowest BCUT2D eigenvalue weighted by atomic mass is 9.97. The molecule has 0 saturated heterocycles. The Morgan fingerprint density at radius 2 is 2.00 bits per heavy atom. The van der Waals surface area contributed by atoms with E-state index in [0.29, 0.717) is 11.3 Å². The number of allylic oxidation sites excluding steroid dienone is 1. The Morgan fingerprint density at radius 1 is 1.33 bits per heavy atom. The maximum Gasteiger partial charge on any atom is 0.254 e. The summed E-state index contributed by atoms with van der Waals surface area (Å²) in [6.07, 6.45) is 0.998. The number of benzene rings is 1. The number of amides is 1. The third kappa shape index (κ3) is 2.67. The molecule has 1 aromatic rings. The molecule has 108 valence electrons. The molecular formula is C14H13N3O4. The number of aliphatic hydroxyl groups excluding tert-OH is 2. The molecule has 6 N–H and O–H groups in total. The van der Waals surface area contributed by atoms with Gasteiger partial charge in [-0.2, -0.15) is 0 Å². The molecule has 0 heterocycles. The predicted octanol–water partition coefficient (Wildman–Crippen LogP) is 0.375. The lowest BCUT2D eigenvalue weighted by molar-refractivity contribution is -0.115. The van der Waals surface area contributed by atoms with Gasteiger partial charge in [-0.15, -0.1) is 0 Å². The average Bonchev–Trinajstić information content (AvgIpc) is 2.45. The van der Waals surface area contributed by atoms with Crippen LogP contribution in [0.1, 0.15) is 5.56 Å². The standard InChI is InChI=1S/C14H13N3O4/c15-12-10(19)5-9(13(20)11(12)14(16)21)17-8-4-2-1-3-7(8)6-18/h1-5,15,17-18,20H,6H2,(H2,16,21). The van der Waals surface area contributed by atoms with Gasteiger partial charge in [0.15, 0.2) is 5.76 Å². The predicted molar refractivity (Wildman–Crippen MR) is 75.7 cm³/mol. The van der Waals surface area contributed by atoms with Crippen LogP contribution in [0.2, 0.25) is 0 Å². The summed E-state index contributed by atoms with van der Waals surface area (Å²) >= 11 is 0. The zero-order chi connectivity index (χ0) is 15.6. The quantitative estimate of drug-likeness (QED) is 0.510. The van der Waals surface area contributed by atoms with E-state index in [1.54, 1.807) is 24.3 Å². The summed E-state index contributed by atoms with van der Waals surface area (Å²) in [6.45, 7) is -0.243. The Bertz CT molecular complexity index is 704. The fraction of sp³-hybridized carbons (Fsp3) is 0.0714. The van der Waals surface area contributed by atoms with Crippen molar-refractivity contribution in [2.45, 2.75) is 6.61 Å². The maximum absolute atomic E-state index is 11.7. The van der Waals surface area contributed by atoms with Gasteiger partial charge in [0.25, 0.3) is 5.91 Å². The van der Waals surface area contributed by atoms with Crippen molar-refractivity contribution in [2.24, 2.45) is 5.73 Å². The van der Waals surface area contributed by atoms with Crippen LogP contribution in [0.5, 0.6) is 0 Å². The fourth-order valence-corrected chi connectivity index (χ4v) is 1.91. The van der Waals surface area contributed by atoms with Gasteiger partial charge in [0.1, 0.15) is 11.3 Å². The summed E-state index contributed by atoms with van der Waals surface area (Å²) < 4.78 is 0. The van der Waals surface area contributed by atoms with E-state index in [2.05, 4.69) is 5.32 Å². The lowest BCUT2D eigenvalue weighted by Gasteiger charge is -2.18. The van der Waals surface area contributed by atoms with E-state index in [1.807, 2.05) is 0 Å². The number of nitrogens with one attached hydrogen (secondary N) is 2. The summed E-state index contributed by atoms with van der Waals surface area (Å²) in [6, 6.07) is 6.71. The SMILES string of the molecule is N=C1C(=O)C=C(Nc2ccccc2CO)C(O)=C1C(N)=O. The van der Waals surface area contributed by atoms with Gasteiger partial charge in [0.2, 0.25) is 5.78 Å². The molecule has 0 atom stereocenters. The van der Waals surface area contributed by atoms with Crippen LogP contribution >= 0.6 is 0 Å². The van der Waals surface area contributed by atoms with Crippen LogP contribution in [0.25, 0.3) is 0 Å². The third-order valence-corrected chi connectivity index (χ3v) is 2.97. The van der Waals surface area contributed by atoms with Crippen molar-refractivity contribution < 1.29 is 19.8 Å². The second-order valence-corrected chi connectivity index (χ2v) is 4.33. The second kappa shape index (κ2) is 5.59. The molecule has 7 heteroatoms. The number of carbonyl (C=O) groups excluding carboxylic acids is 2. The number of aliphatic hydroxyl groups is 2. The molecule has 1 aliphatic rings. The van der Waals surface area contributed by atoms with Crippen LogP contribution in [0, 0.1) is 5.41 Å². The van der Waals surface area contributed by atoms with Crippen LogP contribution in [0.3, 0.4) is 0 Å². The van der Waals surface area contributed by atoms with E-state index in [4.69, 9.17) is 11.1 Å². The van der Waals surface area contributed by atoms with Gasteiger partial charge >= 0.3 is 0 Å². The monoisotopic (exact) mass is 287 g/mol. The number of anilines is 1. The van der Waals surface area contributed by atoms with Crippen molar-refractivity contribution in [1.82, 2.24) is 0 Å². The molecule has 0 aliphatic heterocycles. The lowest BCUT2D eigenvalue weighted by Crippen LogP contribution is -2.31. The maximum atomic E-state index is 11.7. The first-order chi connectivity index (χ1) is 9.95. The normalized spacial score (nSPS) is 15.0. The van der Waals surface area contributed by atoms with Crippen LogP contribution < -0.4 is 11.1 Å². The van der Waals surface area contributed by atoms with E-state index < -0.39 is 28.7 Å². The van der Waals surface area contributed by atoms with Crippen molar-refractivity contribution >= 4 is 23.1 Å². The highest BCUT2D eigenvalue weighted by molar-refractivity contribution is 6.54. The third-order valence-electron chi connectivity index (χ3n) is 2.97. The highest BCUT2D eigenvalue weighted by atomic mass is 16.3.